The Labute approximate surface area is 168 Å². The lowest BCUT2D eigenvalue weighted by atomic mass is 10.1. The highest BCUT2D eigenvalue weighted by atomic mass is 35.5. The van der Waals surface area contributed by atoms with E-state index in [1.807, 2.05) is 0 Å². The molecule has 0 radical (unpaired) electrons. The molecule has 3 rings (SSSR count). The first-order chi connectivity index (χ1) is 13.7. The Morgan fingerprint density at radius 2 is 1.72 bits per heavy atom. The summed E-state index contributed by atoms with van der Waals surface area (Å²) in [5.41, 5.74) is -1.88. The summed E-state index contributed by atoms with van der Waals surface area (Å²) in [5.74, 6) is -2.54. The van der Waals surface area contributed by atoms with E-state index in [2.05, 4.69) is 10.3 Å². The molecule has 3 aromatic rings. The number of amides is 1. The maximum Gasteiger partial charge on any atom is 0.295 e. The molecule has 148 valence electrons. The zero-order valence-electron chi connectivity index (χ0n) is 13.9. The molecule has 2 aromatic carbocycles. The lowest BCUT2D eigenvalue weighted by molar-refractivity contribution is -0.393. The summed E-state index contributed by atoms with van der Waals surface area (Å²) < 4.78 is 26.9. The molecule has 0 saturated heterocycles. The molecule has 0 aliphatic rings. The Hall–Kier alpha value is -3.51. The molecule has 0 fully saturated rings. The maximum absolute atomic E-state index is 13.8. The summed E-state index contributed by atoms with van der Waals surface area (Å²) in [7, 11) is 0. The van der Waals surface area contributed by atoms with Gasteiger partial charge in [-0.15, -0.1) is 11.3 Å². The Morgan fingerprint density at radius 1 is 1.10 bits per heavy atom. The lowest BCUT2D eigenvalue weighted by Gasteiger charge is -2.04. The van der Waals surface area contributed by atoms with Crippen molar-refractivity contribution in [2.24, 2.45) is 0 Å². The van der Waals surface area contributed by atoms with Crippen LogP contribution in [-0.2, 0) is 0 Å². The van der Waals surface area contributed by atoms with Gasteiger partial charge in [-0.1, -0.05) is 11.6 Å². The van der Waals surface area contributed by atoms with Gasteiger partial charge in [0.25, 0.3) is 17.3 Å². The first-order valence-electron chi connectivity index (χ1n) is 7.52. The number of aromatic nitrogens is 1. The number of anilines is 1. The first kappa shape index (κ1) is 20.2. The predicted molar refractivity (Wildman–Crippen MR) is 100 cm³/mol. The van der Waals surface area contributed by atoms with Gasteiger partial charge in [0, 0.05) is 29.1 Å². The number of nitrogens with zero attached hydrogens (tertiary/aromatic N) is 3. The molecule has 0 spiro atoms. The van der Waals surface area contributed by atoms with E-state index >= 15 is 0 Å². The number of hydrogen-bond donors (Lipinski definition) is 1. The van der Waals surface area contributed by atoms with E-state index in [9.17, 15) is 33.8 Å². The molecule has 0 aliphatic heterocycles. The van der Waals surface area contributed by atoms with Gasteiger partial charge in [0.05, 0.1) is 21.1 Å². The van der Waals surface area contributed by atoms with Crippen molar-refractivity contribution >= 4 is 45.4 Å². The van der Waals surface area contributed by atoms with Crippen molar-refractivity contribution < 1.29 is 23.4 Å². The number of rotatable bonds is 5. The summed E-state index contributed by atoms with van der Waals surface area (Å²) in [6.07, 6.45) is 0. The number of nitro groups is 2. The third-order valence-corrected chi connectivity index (χ3v) is 4.77. The van der Waals surface area contributed by atoms with Crippen LogP contribution in [0.15, 0.2) is 35.7 Å². The number of halogens is 3. The zero-order valence-corrected chi connectivity index (χ0v) is 15.5. The van der Waals surface area contributed by atoms with Crippen LogP contribution in [-0.4, -0.2) is 20.7 Å². The van der Waals surface area contributed by atoms with Gasteiger partial charge in [-0.25, -0.2) is 13.8 Å². The summed E-state index contributed by atoms with van der Waals surface area (Å²) in [4.78, 5) is 36.5. The van der Waals surface area contributed by atoms with E-state index in [4.69, 9.17) is 11.6 Å². The molecule has 0 unspecified atom stereocenters. The minimum atomic E-state index is -0.953. The zero-order chi connectivity index (χ0) is 21.3. The van der Waals surface area contributed by atoms with E-state index in [0.717, 1.165) is 29.5 Å². The van der Waals surface area contributed by atoms with Gasteiger partial charge in [0.1, 0.15) is 11.6 Å². The van der Waals surface area contributed by atoms with E-state index in [1.54, 1.807) is 0 Å². The van der Waals surface area contributed by atoms with Crippen molar-refractivity contribution in [2.45, 2.75) is 0 Å². The summed E-state index contributed by atoms with van der Waals surface area (Å²) >= 11 is 6.55. The van der Waals surface area contributed by atoms with Crippen molar-refractivity contribution in [3.63, 3.8) is 0 Å². The Kier molecular flexibility index (Phi) is 5.48. The molecule has 0 saturated carbocycles. The van der Waals surface area contributed by atoms with Crippen LogP contribution in [0.3, 0.4) is 0 Å². The fourth-order valence-corrected chi connectivity index (χ4v) is 3.27. The highest BCUT2D eigenvalue weighted by Gasteiger charge is 2.27. The van der Waals surface area contributed by atoms with Gasteiger partial charge < -0.3 is 0 Å². The molecule has 1 aromatic heterocycles. The summed E-state index contributed by atoms with van der Waals surface area (Å²) in [5, 5.41) is 25.1. The van der Waals surface area contributed by atoms with Gasteiger partial charge >= 0.3 is 0 Å². The molecule has 0 atom stereocenters. The molecule has 1 amide bonds. The predicted octanol–water partition coefficient (Wildman–Crippen LogP) is 4.81. The molecule has 9 nitrogen and oxygen atoms in total. The van der Waals surface area contributed by atoms with Crippen LogP contribution >= 0.6 is 22.9 Å². The molecular formula is C16H7ClF2N4O5S. The van der Waals surface area contributed by atoms with Crippen LogP contribution in [0.5, 0.6) is 0 Å². The number of hydrogen-bond acceptors (Lipinski definition) is 7. The maximum atomic E-state index is 13.8. The second-order valence-electron chi connectivity index (χ2n) is 5.46. The highest BCUT2D eigenvalue weighted by molar-refractivity contribution is 7.14. The monoisotopic (exact) mass is 440 g/mol. The first-order valence-corrected chi connectivity index (χ1v) is 8.77. The molecule has 29 heavy (non-hydrogen) atoms. The van der Waals surface area contributed by atoms with Gasteiger partial charge in [-0.05, 0) is 12.1 Å². The van der Waals surface area contributed by atoms with E-state index in [0.29, 0.717) is 6.07 Å². The number of nitro benzene ring substituents is 2. The van der Waals surface area contributed by atoms with Crippen LogP contribution < -0.4 is 5.32 Å². The average Bonchev–Trinajstić information content (AvgIpc) is 3.09. The standard InChI is InChI=1S/C16H7ClF2N4O5S/c17-14-12(22(25)26)3-7(4-13(14)23(27)28)15(24)21-16-20-11(6-29-16)9-2-1-8(18)5-10(9)19/h1-6H,(H,20,21,24). The molecule has 0 aliphatic carbocycles. The van der Waals surface area contributed by atoms with Crippen LogP contribution in [0.1, 0.15) is 10.4 Å². The van der Waals surface area contributed by atoms with Crippen molar-refractivity contribution in [2.75, 3.05) is 5.32 Å². The second-order valence-corrected chi connectivity index (χ2v) is 6.69. The second kappa shape index (κ2) is 7.85. The SMILES string of the molecule is O=C(Nc1nc(-c2ccc(F)cc2F)cs1)c1cc([N+](=O)[O-])c(Cl)c([N+](=O)[O-])c1. The van der Waals surface area contributed by atoms with Crippen LogP contribution in [0.25, 0.3) is 11.3 Å². The van der Waals surface area contributed by atoms with E-state index in [-0.39, 0.29) is 16.4 Å². The van der Waals surface area contributed by atoms with E-state index < -0.39 is 49.3 Å². The molecular weight excluding hydrogens is 434 g/mol. The Balaban J connectivity index is 1.90. The fourth-order valence-electron chi connectivity index (χ4n) is 2.31. The topological polar surface area (TPSA) is 128 Å². The average molecular weight is 441 g/mol. The third kappa shape index (κ3) is 4.17. The Morgan fingerprint density at radius 3 is 2.28 bits per heavy atom. The van der Waals surface area contributed by atoms with Crippen molar-refractivity contribution in [1.29, 1.82) is 0 Å². The quantitative estimate of drug-likeness (QED) is 0.447. The number of carbonyl (C=O) groups is 1. The Bertz CT molecular complexity index is 1130. The molecule has 1 heterocycles. The minimum Gasteiger partial charge on any atom is -0.298 e. The third-order valence-electron chi connectivity index (χ3n) is 3.62. The van der Waals surface area contributed by atoms with Gasteiger partial charge in [0.15, 0.2) is 10.2 Å². The van der Waals surface area contributed by atoms with Crippen LogP contribution in [0.2, 0.25) is 5.02 Å². The highest BCUT2D eigenvalue weighted by Crippen LogP contribution is 2.35. The van der Waals surface area contributed by atoms with Crippen molar-refractivity contribution in [1.82, 2.24) is 4.98 Å². The summed E-state index contributed by atoms with van der Waals surface area (Å²) in [6, 6.07) is 4.48. The smallest absolute Gasteiger partial charge is 0.295 e. The molecule has 1 N–H and O–H groups in total. The van der Waals surface area contributed by atoms with Crippen molar-refractivity contribution in [3.8, 4) is 11.3 Å². The fraction of sp³-hybridized carbons (Fsp3) is 0. The molecule has 13 heteroatoms. The summed E-state index contributed by atoms with van der Waals surface area (Å²) in [6.45, 7) is 0. The van der Waals surface area contributed by atoms with Gasteiger partial charge in [-0.3, -0.25) is 30.3 Å². The minimum absolute atomic E-state index is 0.000850. The number of thiazole rings is 1. The number of carbonyl (C=O) groups excluding carboxylic acids is 1. The van der Waals surface area contributed by atoms with Crippen LogP contribution in [0, 0.1) is 31.9 Å². The normalized spacial score (nSPS) is 10.6. The largest absolute Gasteiger partial charge is 0.298 e. The lowest BCUT2D eigenvalue weighted by Crippen LogP contribution is -2.12. The van der Waals surface area contributed by atoms with Gasteiger partial charge in [-0.2, -0.15) is 0 Å². The number of nitrogens with one attached hydrogen (secondary N) is 1. The van der Waals surface area contributed by atoms with Crippen molar-refractivity contribution in [3.05, 3.63) is 78.2 Å². The molecule has 0 bridgehead atoms. The van der Waals surface area contributed by atoms with Gasteiger partial charge in [0.2, 0.25) is 0 Å². The van der Waals surface area contributed by atoms with Crippen LogP contribution in [0.4, 0.5) is 25.3 Å². The number of benzene rings is 2. The van der Waals surface area contributed by atoms with E-state index in [1.165, 1.54) is 11.4 Å².